The highest BCUT2D eigenvalue weighted by molar-refractivity contribution is 5.87. The van der Waals surface area contributed by atoms with Gasteiger partial charge < -0.3 is 21.1 Å². The molecule has 0 saturated heterocycles. The molecule has 1 rings (SSSR count). The topological polar surface area (TPSA) is 95.7 Å². The highest BCUT2D eigenvalue weighted by atomic mass is 16.3. The highest BCUT2D eigenvalue weighted by Crippen LogP contribution is 2.10. The number of nitrogens with two attached hydrogens (primary N) is 1. The standard InChI is InChI=1S/C15H23N3O3/c1-3-18(4-2)14(20)10-17-15(21)13(16)9-11-5-7-12(19)8-6-11/h5-8,13,19H,3-4,9-10,16H2,1-2H3,(H,17,21). The molecule has 0 fully saturated rings. The molecule has 6 heteroatoms. The number of phenols is 1. The summed E-state index contributed by atoms with van der Waals surface area (Å²) in [6.07, 6.45) is 0.353. The largest absolute Gasteiger partial charge is 0.508 e. The molecular formula is C15H23N3O3. The van der Waals surface area contributed by atoms with Gasteiger partial charge in [-0.25, -0.2) is 0 Å². The van der Waals surface area contributed by atoms with Crippen molar-refractivity contribution in [3.05, 3.63) is 29.8 Å². The van der Waals surface area contributed by atoms with Gasteiger partial charge in [-0.15, -0.1) is 0 Å². The maximum Gasteiger partial charge on any atom is 0.241 e. The van der Waals surface area contributed by atoms with Crippen molar-refractivity contribution >= 4 is 11.8 Å². The zero-order valence-electron chi connectivity index (χ0n) is 12.5. The Morgan fingerprint density at radius 1 is 1.24 bits per heavy atom. The fourth-order valence-corrected chi connectivity index (χ4v) is 1.96. The van der Waals surface area contributed by atoms with Crippen LogP contribution in [0.4, 0.5) is 0 Å². The van der Waals surface area contributed by atoms with Gasteiger partial charge in [0.1, 0.15) is 5.75 Å². The third-order valence-corrected chi connectivity index (χ3v) is 3.26. The second-order valence-electron chi connectivity index (χ2n) is 4.76. The molecule has 1 atom stereocenters. The molecule has 0 saturated carbocycles. The molecule has 21 heavy (non-hydrogen) atoms. The Morgan fingerprint density at radius 3 is 2.33 bits per heavy atom. The van der Waals surface area contributed by atoms with Gasteiger partial charge in [0.25, 0.3) is 0 Å². The first kappa shape index (κ1) is 17.0. The molecule has 116 valence electrons. The molecule has 4 N–H and O–H groups in total. The summed E-state index contributed by atoms with van der Waals surface area (Å²) in [5.41, 5.74) is 6.67. The van der Waals surface area contributed by atoms with Crippen molar-refractivity contribution in [1.29, 1.82) is 0 Å². The van der Waals surface area contributed by atoms with Gasteiger partial charge in [-0.05, 0) is 38.0 Å². The van der Waals surface area contributed by atoms with Crippen LogP contribution in [0.25, 0.3) is 0 Å². The smallest absolute Gasteiger partial charge is 0.241 e. The van der Waals surface area contributed by atoms with Crippen LogP contribution in [-0.2, 0) is 16.0 Å². The number of hydrogen-bond donors (Lipinski definition) is 3. The lowest BCUT2D eigenvalue weighted by Gasteiger charge is -2.19. The summed E-state index contributed by atoms with van der Waals surface area (Å²) >= 11 is 0. The summed E-state index contributed by atoms with van der Waals surface area (Å²) in [6, 6.07) is 5.79. The molecule has 1 aromatic rings. The third-order valence-electron chi connectivity index (χ3n) is 3.26. The Labute approximate surface area is 124 Å². The van der Waals surface area contributed by atoms with Gasteiger partial charge in [0.2, 0.25) is 11.8 Å². The lowest BCUT2D eigenvalue weighted by atomic mass is 10.1. The summed E-state index contributed by atoms with van der Waals surface area (Å²) < 4.78 is 0. The monoisotopic (exact) mass is 293 g/mol. The number of aromatic hydroxyl groups is 1. The van der Waals surface area contributed by atoms with E-state index in [1.54, 1.807) is 29.2 Å². The highest BCUT2D eigenvalue weighted by Gasteiger charge is 2.16. The quantitative estimate of drug-likeness (QED) is 0.671. The average Bonchev–Trinajstić information content (AvgIpc) is 2.48. The summed E-state index contributed by atoms with van der Waals surface area (Å²) in [5.74, 6) is -0.310. The van der Waals surface area contributed by atoms with E-state index in [0.29, 0.717) is 19.5 Å². The van der Waals surface area contributed by atoms with E-state index in [-0.39, 0.29) is 24.1 Å². The number of carbonyl (C=O) groups excluding carboxylic acids is 2. The average molecular weight is 293 g/mol. The van der Waals surface area contributed by atoms with Crippen LogP contribution in [0.15, 0.2) is 24.3 Å². The van der Waals surface area contributed by atoms with Gasteiger partial charge in [-0.1, -0.05) is 12.1 Å². The number of benzene rings is 1. The number of amides is 2. The van der Waals surface area contributed by atoms with Crippen LogP contribution in [-0.4, -0.2) is 47.5 Å². The van der Waals surface area contributed by atoms with Crippen LogP contribution >= 0.6 is 0 Å². The first-order chi connectivity index (χ1) is 9.97. The van der Waals surface area contributed by atoms with Crippen molar-refractivity contribution in [1.82, 2.24) is 10.2 Å². The minimum atomic E-state index is -0.723. The Hall–Kier alpha value is -2.08. The van der Waals surface area contributed by atoms with Crippen molar-refractivity contribution in [2.45, 2.75) is 26.3 Å². The zero-order valence-corrected chi connectivity index (χ0v) is 12.5. The fraction of sp³-hybridized carbons (Fsp3) is 0.467. The Balaban J connectivity index is 2.44. The van der Waals surface area contributed by atoms with Gasteiger partial charge in [-0.3, -0.25) is 9.59 Å². The van der Waals surface area contributed by atoms with Gasteiger partial charge in [0, 0.05) is 13.1 Å². The first-order valence-corrected chi connectivity index (χ1v) is 7.06. The maximum atomic E-state index is 11.9. The van der Waals surface area contributed by atoms with Crippen molar-refractivity contribution in [2.24, 2.45) is 5.73 Å². The van der Waals surface area contributed by atoms with E-state index < -0.39 is 6.04 Å². The molecule has 0 radical (unpaired) electrons. The van der Waals surface area contributed by atoms with E-state index in [9.17, 15) is 14.7 Å². The molecule has 6 nitrogen and oxygen atoms in total. The van der Waals surface area contributed by atoms with Gasteiger partial charge in [0.05, 0.1) is 12.6 Å². The molecular weight excluding hydrogens is 270 g/mol. The van der Waals surface area contributed by atoms with E-state index in [4.69, 9.17) is 5.73 Å². The maximum absolute atomic E-state index is 11.9. The van der Waals surface area contributed by atoms with E-state index in [1.165, 1.54) is 0 Å². The molecule has 1 unspecified atom stereocenters. The molecule has 0 aromatic heterocycles. The predicted octanol–water partition coefficient (Wildman–Crippen LogP) is 0.247. The summed E-state index contributed by atoms with van der Waals surface area (Å²) in [7, 11) is 0. The first-order valence-electron chi connectivity index (χ1n) is 7.06. The minimum Gasteiger partial charge on any atom is -0.508 e. The van der Waals surface area contributed by atoms with Crippen LogP contribution < -0.4 is 11.1 Å². The number of likely N-dealkylation sites (N-methyl/N-ethyl adjacent to an activating group) is 1. The summed E-state index contributed by atoms with van der Waals surface area (Å²) in [6.45, 7) is 4.97. The molecule has 0 aliphatic carbocycles. The number of rotatable bonds is 7. The van der Waals surface area contributed by atoms with Crippen LogP contribution in [0.1, 0.15) is 19.4 Å². The Kier molecular flexibility index (Phi) is 6.68. The summed E-state index contributed by atoms with van der Waals surface area (Å²) in [4.78, 5) is 25.3. The molecule has 0 aliphatic rings. The fourth-order valence-electron chi connectivity index (χ4n) is 1.96. The minimum absolute atomic E-state index is 0.0379. The van der Waals surface area contributed by atoms with Crippen LogP contribution in [0, 0.1) is 0 Å². The Morgan fingerprint density at radius 2 is 1.81 bits per heavy atom. The van der Waals surface area contributed by atoms with Gasteiger partial charge >= 0.3 is 0 Å². The van der Waals surface area contributed by atoms with E-state index in [1.807, 2.05) is 13.8 Å². The molecule has 1 aromatic carbocycles. The van der Waals surface area contributed by atoms with Gasteiger partial charge in [0.15, 0.2) is 0 Å². The molecule has 0 spiro atoms. The number of carbonyl (C=O) groups is 2. The lowest BCUT2D eigenvalue weighted by molar-refractivity contribution is -0.132. The van der Waals surface area contributed by atoms with Crippen LogP contribution in [0.5, 0.6) is 5.75 Å². The van der Waals surface area contributed by atoms with E-state index in [2.05, 4.69) is 5.32 Å². The van der Waals surface area contributed by atoms with Crippen molar-refractivity contribution in [3.63, 3.8) is 0 Å². The molecule has 0 heterocycles. The lowest BCUT2D eigenvalue weighted by Crippen LogP contribution is -2.46. The number of nitrogens with one attached hydrogen (secondary N) is 1. The Bertz CT molecular complexity index is 470. The SMILES string of the molecule is CCN(CC)C(=O)CNC(=O)C(N)Cc1ccc(O)cc1. The second kappa shape index (κ2) is 8.26. The normalized spacial score (nSPS) is 11.8. The number of nitrogens with zero attached hydrogens (tertiary/aromatic N) is 1. The number of hydrogen-bond acceptors (Lipinski definition) is 4. The van der Waals surface area contributed by atoms with Crippen molar-refractivity contribution < 1.29 is 14.7 Å². The molecule has 2 amide bonds. The van der Waals surface area contributed by atoms with E-state index >= 15 is 0 Å². The number of phenolic OH excluding ortho intramolecular Hbond substituents is 1. The van der Waals surface area contributed by atoms with E-state index in [0.717, 1.165) is 5.56 Å². The van der Waals surface area contributed by atoms with Crippen molar-refractivity contribution in [3.8, 4) is 5.75 Å². The third kappa shape index (κ3) is 5.43. The van der Waals surface area contributed by atoms with Crippen LogP contribution in [0.3, 0.4) is 0 Å². The molecule has 0 bridgehead atoms. The van der Waals surface area contributed by atoms with Crippen molar-refractivity contribution in [2.75, 3.05) is 19.6 Å². The van der Waals surface area contributed by atoms with Gasteiger partial charge in [-0.2, -0.15) is 0 Å². The second-order valence-corrected chi connectivity index (χ2v) is 4.76. The summed E-state index contributed by atoms with van der Waals surface area (Å²) in [5, 5.41) is 11.7. The zero-order chi connectivity index (χ0) is 15.8. The molecule has 0 aliphatic heterocycles. The predicted molar refractivity (Wildman–Crippen MR) is 80.7 cm³/mol. The van der Waals surface area contributed by atoms with Crippen LogP contribution in [0.2, 0.25) is 0 Å².